The molecule has 0 atom stereocenters. The van der Waals surface area contributed by atoms with Gasteiger partial charge in [-0.1, -0.05) is 71.5 Å². The van der Waals surface area contributed by atoms with Crippen molar-refractivity contribution in [2.75, 3.05) is 111 Å². The molecule has 1 fully saturated rings. The van der Waals surface area contributed by atoms with Gasteiger partial charge < -0.3 is 43.9 Å². The van der Waals surface area contributed by atoms with Crippen LogP contribution in [-0.2, 0) is 6.54 Å². The summed E-state index contributed by atoms with van der Waals surface area (Å²) in [6.07, 6.45) is 8.15. The summed E-state index contributed by atoms with van der Waals surface area (Å²) >= 11 is 27.1. The molecule has 2 amide bonds. The molecule has 77 heavy (non-hydrogen) atoms. The fraction of sp³-hybridized carbons (Fsp3) is 0.296. The molecular formula is C54H57Cl4N13O6. The number of likely N-dealkylation sites (N-methyl/N-ethyl adjacent to an activating group) is 3. The summed E-state index contributed by atoms with van der Waals surface area (Å²) in [4.78, 5) is 65.8. The van der Waals surface area contributed by atoms with Gasteiger partial charge in [-0.05, 0) is 44.9 Å². The molecule has 9 rings (SSSR count). The minimum Gasteiger partial charge on any atom is -0.495 e. The fourth-order valence-corrected chi connectivity index (χ4v) is 9.99. The molecule has 19 nitrogen and oxygen atoms in total. The number of hydrogen-bond acceptors (Lipinski definition) is 16. The minimum atomic E-state index is -0.394. The predicted molar refractivity (Wildman–Crippen MR) is 304 cm³/mol. The van der Waals surface area contributed by atoms with Crippen molar-refractivity contribution in [3.8, 4) is 45.3 Å². The van der Waals surface area contributed by atoms with Gasteiger partial charge in [-0.25, -0.2) is 24.9 Å². The lowest BCUT2D eigenvalue weighted by atomic mass is 9.99. The number of rotatable bonds is 17. The quantitative estimate of drug-likeness (QED) is 0.0777. The standard InChI is InChI=1S/C29H30Cl2N6O3.C25H27Cl2N7O3/c1-4-36-11-13-37(14-12-36)17-18-16-33-27-20(29(38)35-23-7-5-6-10-32-23)9-8-19(28(27)34-18)24-25(30)21(39-2)15-22(40-3)26(24)31;1-33(2)10-11-34(3)18-13-30-22-15(24(35)32-25-28-8-9-29-25)7-6-14(23(22)31-18)19-20(26)16(36-4)12-17(37-5)21(19)27/h5-10,15-16H,4,11-14,17H2,1-3H3,(H,32,35,38);6-9,12-13H,10-11H2,1-5H3,(H2,28,29,32,35). The largest absolute Gasteiger partial charge is 0.495 e. The Labute approximate surface area is 465 Å². The average molecular weight is 1130 g/mol. The normalized spacial score (nSPS) is 12.8. The third kappa shape index (κ3) is 12.5. The number of ether oxygens (including phenoxy) is 4. The second kappa shape index (κ2) is 25.4. The topological polar surface area (TPSA) is 201 Å². The van der Waals surface area contributed by atoms with Crippen molar-refractivity contribution in [3.05, 3.63) is 122 Å². The number of fused-ring (bicyclic) bond motifs is 2. The average Bonchev–Trinajstić information content (AvgIpc) is 4.01. The monoisotopic (exact) mass is 1120 g/mol. The number of halogens is 4. The van der Waals surface area contributed by atoms with Gasteiger partial charge in [0.05, 0.1) is 88.8 Å². The first kappa shape index (κ1) is 56.1. The first-order valence-electron chi connectivity index (χ1n) is 24.3. The van der Waals surface area contributed by atoms with Crippen molar-refractivity contribution in [3.63, 3.8) is 0 Å². The second-order valence-corrected chi connectivity index (χ2v) is 19.4. The van der Waals surface area contributed by atoms with Crippen LogP contribution in [0.3, 0.4) is 0 Å². The predicted octanol–water partition coefficient (Wildman–Crippen LogP) is 10.00. The van der Waals surface area contributed by atoms with Crippen molar-refractivity contribution in [2.45, 2.75) is 13.5 Å². The zero-order valence-electron chi connectivity index (χ0n) is 43.7. The fourth-order valence-electron chi connectivity index (χ4n) is 8.58. The molecule has 4 aromatic heterocycles. The molecule has 1 aliphatic rings. The number of nitrogens with one attached hydrogen (secondary N) is 3. The molecule has 4 aromatic carbocycles. The maximum atomic E-state index is 13.3. The third-order valence-corrected chi connectivity index (χ3v) is 14.3. The first-order chi connectivity index (χ1) is 37.2. The number of pyridine rings is 1. The maximum Gasteiger partial charge on any atom is 0.260 e. The molecule has 0 spiro atoms. The Balaban J connectivity index is 0.000000204. The van der Waals surface area contributed by atoms with Crippen LogP contribution in [0.25, 0.3) is 44.3 Å². The number of hydrogen-bond donors (Lipinski definition) is 3. The number of piperazine rings is 1. The molecule has 0 radical (unpaired) electrons. The van der Waals surface area contributed by atoms with Crippen LogP contribution >= 0.6 is 46.4 Å². The number of amides is 2. The number of benzene rings is 4. The van der Waals surface area contributed by atoms with Gasteiger partial charge in [0.25, 0.3) is 11.8 Å². The summed E-state index contributed by atoms with van der Waals surface area (Å²) in [5.41, 5.74) is 5.32. The van der Waals surface area contributed by atoms with Gasteiger partial charge in [0.2, 0.25) is 5.95 Å². The highest BCUT2D eigenvalue weighted by Gasteiger charge is 2.27. The van der Waals surface area contributed by atoms with Gasteiger partial charge in [-0.3, -0.25) is 24.8 Å². The lowest BCUT2D eigenvalue weighted by Crippen LogP contribution is -2.45. The summed E-state index contributed by atoms with van der Waals surface area (Å²) in [5.74, 6) is 2.21. The number of H-pyrrole nitrogens is 1. The smallest absolute Gasteiger partial charge is 0.260 e. The summed E-state index contributed by atoms with van der Waals surface area (Å²) in [6.45, 7) is 9.29. The number of aromatic nitrogens is 7. The number of imidazole rings is 1. The summed E-state index contributed by atoms with van der Waals surface area (Å²) in [7, 11) is 12.0. The summed E-state index contributed by atoms with van der Waals surface area (Å²) < 4.78 is 21.9. The second-order valence-electron chi connectivity index (χ2n) is 17.9. The Bertz CT molecular complexity index is 3350. The molecular weight excluding hydrogens is 1070 g/mol. The van der Waals surface area contributed by atoms with E-state index in [0.717, 1.165) is 51.5 Å². The van der Waals surface area contributed by atoms with E-state index < -0.39 is 5.91 Å². The molecule has 1 saturated heterocycles. The summed E-state index contributed by atoms with van der Waals surface area (Å²) in [6, 6.07) is 15.4. The molecule has 5 heterocycles. The van der Waals surface area contributed by atoms with Gasteiger partial charge in [0.1, 0.15) is 45.7 Å². The summed E-state index contributed by atoms with van der Waals surface area (Å²) in [5, 5.41) is 6.77. The number of anilines is 3. The van der Waals surface area contributed by atoms with Crippen molar-refractivity contribution in [2.24, 2.45) is 0 Å². The number of methoxy groups -OCH3 is 4. The Morgan fingerprint density at radius 1 is 0.623 bits per heavy atom. The molecule has 0 bridgehead atoms. The Hall–Kier alpha value is -7.10. The molecule has 1 aliphatic heterocycles. The lowest BCUT2D eigenvalue weighted by molar-refractivity contribution is 0.101. The molecule has 3 N–H and O–H groups in total. The van der Waals surface area contributed by atoms with Gasteiger partial charge in [0, 0.05) is 106 Å². The van der Waals surface area contributed by atoms with Crippen molar-refractivity contribution < 1.29 is 28.5 Å². The van der Waals surface area contributed by atoms with Crippen LogP contribution in [0.15, 0.2) is 85.6 Å². The van der Waals surface area contributed by atoms with Crippen LogP contribution in [0.5, 0.6) is 23.0 Å². The lowest BCUT2D eigenvalue weighted by Gasteiger charge is -2.33. The SMILES string of the molecule is CCN1CCN(Cc2cnc3c(C(=O)Nc4ccccn4)ccc(-c4c(Cl)c(OC)cc(OC)c4Cl)c3n2)CC1.COc1cc(OC)c(Cl)c(-c2ccc(C(=O)Nc3ncc[nH]3)c3ncc(N(C)CCN(C)C)nc23)c1Cl. The zero-order valence-corrected chi connectivity index (χ0v) is 46.7. The number of nitrogens with zero attached hydrogens (tertiary/aromatic N) is 10. The van der Waals surface area contributed by atoms with Crippen LogP contribution in [-0.4, -0.2) is 157 Å². The van der Waals surface area contributed by atoms with Gasteiger partial charge in [0.15, 0.2) is 0 Å². The van der Waals surface area contributed by atoms with E-state index in [1.54, 1.807) is 85.6 Å². The molecule has 23 heteroatoms. The Kier molecular flexibility index (Phi) is 18.5. The Morgan fingerprint density at radius 2 is 1.16 bits per heavy atom. The van der Waals surface area contributed by atoms with Crippen LogP contribution in [0, 0.1) is 0 Å². The third-order valence-electron chi connectivity index (χ3n) is 12.8. The van der Waals surface area contributed by atoms with Crippen molar-refractivity contribution >= 4 is 97.9 Å². The molecule has 402 valence electrons. The molecule has 0 aliphatic carbocycles. The zero-order chi connectivity index (χ0) is 54.9. The van der Waals surface area contributed by atoms with Crippen LogP contribution in [0.4, 0.5) is 17.6 Å². The van der Waals surface area contributed by atoms with Gasteiger partial charge >= 0.3 is 0 Å². The highest BCUT2D eigenvalue weighted by Crippen LogP contribution is 2.49. The van der Waals surface area contributed by atoms with E-state index in [1.807, 2.05) is 26.0 Å². The molecule has 8 aromatic rings. The van der Waals surface area contributed by atoms with Gasteiger partial charge in [-0.15, -0.1) is 0 Å². The minimum absolute atomic E-state index is 0.288. The van der Waals surface area contributed by atoms with Crippen molar-refractivity contribution in [1.82, 2.24) is 49.6 Å². The van der Waals surface area contributed by atoms with Crippen LogP contribution in [0.2, 0.25) is 20.1 Å². The molecule has 0 saturated carbocycles. The van der Waals surface area contributed by atoms with E-state index in [9.17, 15) is 9.59 Å². The van der Waals surface area contributed by atoms with Crippen molar-refractivity contribution in [1.29, 1.82) is 0 Å². The van der Waals surface area contributed by atoms with Crippen LogP contribution < -0.4 is 34.5 Å². The number of carbonyl (C=O) groups excluding carboxylic acids is 2. The highest BCUT2D eigenvalue weighted by atomic mass is 35.5. The first-order valence-corrected chi connectivity index (χ1v) is 25.8. The number of carbonyl (C=O) groups is 2. The van der Waals surface area contributed by atoms with E-state index in [-0.39, 0.29) is 16.0 Å². The maximum absolute atomic E-state index is 13.3. The molecule has 0 unspecified atom stereocenters. The van der Waals surface area contributed by atoms with E-state index >= 15 is 0 Å². The van der Waals surface area contributed by atoms with Gasteiger partial charge in [-0.2, -0.15) is 0 Å². The van der Waals surface area contributed by atoms with Crippen LogP contribution in [0.1, 0.15) is 33.3 Å². The van der Waals surface area contributed by atoms with E-state index in [0.29, 0.717) is 113 Å². The van der Waals surface area contributed by atoms with E-state index in [4.69, 9.17) is 80.3 Å². The van der Waals surface area contributed by atoms with E-state index in [2.05, 4.69) is 52.2 Å². The Morgan fingerprint density at radius 3 is 1.65 bits per heavy atom. The highest BCUT2D eigenvalue weighted by molar-refractivity contribution is 6.42. The number of aromatic amines is 1. The van der Waals surface area contributed by atoms with E-state index in [1.165, 1.54) is 28.4 Å².